The molecule has 0 fully saturated rings. The molecule has 152 valence electrons. The number of hydrogen-bond acceptors (Lipinski definition) is 6. The van der Waals surface area contributed by atoms with E-state index in [9.17, 15) is 13.2 Å². The molecule has 0 atom stereocenters. The lowest BCUT2D eigenvalue weighted by Gasteiger charge is -2.04. The van der Waals surface area contributed by atoms with E-state index in [-0.39, 0.29) is 22.2 Å². The Morgan fingerprint density at radius 2 is 1.79 bits per heavy atom. The zero-order valence-electron chi connectivity index (χ0n) is 16.2. The van der Waals surface area contributed by atoms with E-state index in [2.05, 4.69) is 10.5 Å². The number of nitrogens with one attached hydrogen (secondary N) is 1. The predicted octanol–water partition coefficient (Wildman–Crippen LogP) is 3.12. The predicted molar refractivity (Wildman–Crippen MR) is 109 cm³/mol. The summed E-state index contributed by atoms with van der Waals surface area (Å²) in [6.45, 7) is 2.05. The highest BCUT2D eigenvalue weighted by molar-refractivity contribution is 7.91. The summed E-state index contributed by atoms with van der Waals surface area (Å²) >= 11 is 0. The second kappa shape index (κ2) is 8.91. The average Bonchev–Trinajstić information content (AvgIpc) is 3.25. The van der Waals surface area contributed by atoms with Crippen molar-refractivity contribution < 1.29 is 22.5 Å². The van der Waals surface area contributed by atoms with Crippen molar-refractivity contribution in [2.45, 2.75) is 18.2 Å². The third-order valence-electron chi connectivity index (χ3n) is 4.48. The van der Waals surface area contributed by atoms with Gasteiger partial charge in [-0.3, -0.25) is 4.79 Å². The highest BCUT2D eigenvalue weighted by Crippen LogP contribution is 2.22. The number of benzene rings is 2. The van der Waals surface area contributed by atoms with Gasteiger partial charge in [0.05, 0.1) is 17.8 Å². The number of carbonyl (C=O) groups is 1. The molecule has 1 N–H and O–H groups in total. The molecule has 0 aliphatic heterocycles. The second-order valence-corrected chi connectivity index (χ2v) is 8.64. The summed E-state index contributed by atoms with van der Waals surface area (Å²) in [6, 6.07) is 15.5. The van der Waals surface area contributed by atoms with Gasteiger partial charge in [-0.1, -0.05) is 24.2 Å². The Balaban J connectivity index is 1.59. The van der Waals surface area contributed by atoms with E-state index < -0.39 is 9.84 Å². The summed E-state index contributed by atoms with van der Waals surface area (Å²) in [7, 11) is -1.65. The first-order chi connectivity index (χ1) is 13.9. The highest BCUT2D eigenvalue weighted by atomic mass is 32.2. The number of aromatic nitrogens is 1. The van der Waals surface area contributed by atoms with Crippen LogP contribution in [0.4, 0.5) is 0 Å². The molecule has 1 heterocycles. The molecule has 8 heteroatoms. The van der Waals surface area contributed by atoms with Crippen molar-refractivity contribution in [3.8, 4) is 17.1 Å². The van der Waals surface area contributed by atoms with Gasteiger partial charge < -0.3 is 14.6 Å². The van der Waals surface area contributed by atoms with Gasteiger partial charge >= 0.3 is 0 Å². The minimum absolute atomic E-state index is 0.0372. The number of methoxy groups -OCH3 is 1. The molecule has 1 aromatic heterocycles. The fourth-order valence-electron chi connectivity index (χ4n) is 2.71. The lowest BCUT2D eigenvalue weighted by Crippen LogP contribution is -2.25. The maximum atomic E-state index is 12.3. The molecule has 0 unspecified atom stereocenters. The van der Waals surface area contributed by atoms with E-state index in [1.54, 1.807) is 26.2 Å². The summed E-state index contributed by atoms with van der Waals surface area (Å²) in [6.07, 6.45) is 0.674. The molecule has 29 heavy (non-hydrogen) atoms. The van der Waals surface area contributed by atoms with Gasteiger partial charge in [0.2, 0.25) is 0 Å². The van der Waals surface area contributed by atoms with Gasteiger partial charge in [0, 0.05) is 18.2 Å². The molecule has 7 nitrogen and oxygen atoms in total. The molecule has 0 radical (unpaired) electrons. The summed E-state index contributed by atoms with van der Waals surface area (Å²) in [4.78, 5) is 12.5. The summed E-state index contributed by atoms with van der Waals surface area (Å²) in [5.41, 5.74) is 1.89. The highest BCUT2D eigenvalue weighted by Gasteiger charge is 2.15. The van der Waals surface area contributed by atoms with Crippen molar-refractivity contribution in [1.82, 2.24) is 10.5 Å². The molecule has 3 aromatic rings. The largest absolute Gasteiger partial charge is 0.497 e. The molecule has 0 saturated heterocycles. The van der Waals surface area contributed by atoms with Crippen molar-refractivity contribution in [2.75, 3.05) is 19.4 Å². The zero-order chi connectivity index (χ0) is 20.9. The van der Waals surface area contributed by atoms with E-state index in [0.29, 0.717) is 24.3 Å². The molecule has 0 aliphatic rings. The quantitative estimate of drug-likeness (QED) is 0.608. The number of nitrogens with zero attached hydrogens (tertiary/aromatic N) is 1. The van der Waals surface area contributed by atoms with E-state index >= 15 is 0 Å². The number of hydrogen-bond donors (Lipinski definition) is 1. The maximum Gasteiger partial charge on any atom is 0.273 e. The van der Waals surface area contributed by atoms with Crippen LogP contribution in [0.2, 0.25) is 0 Å². The Morgan fingerprint density at radius 1 is 1.10 bits per heavy atom. The van der Waals surface area contributed by atoms with Gasteiger partial charge in [-0.2, -0.15) is 0 Å². The fourth-order valence-corrected chi connectivity index (χ4v) is 3.60. The first-order valence-corrected chi connectivity index (χ1v) is 10.8. The molecule has 3 rings (SSSR count). The van der Waals surface area contributed by atoms with Crippen LogP contribution in [-0.2, 0) is 16.3 Å². The second-order valence-electron chi connectivity index (χ2n) is 6.36. The minimum Gasteiger partial charge on any atom is -0.497 e. The van der Waals surface area contributed by atoms with Gasteiger partial charge in [-0.05, 0) is 48.4 Å². The molecule has 0 spiro atoms. The Bertz CT molecular complexity index is 1070. The van der Waals surface area contributed by atoms with Gasteiger partial charge in [-0.25, -0.2) is 8.42 Å². The molecule has 1 amide bonds. The lowest BCUT2D eigenvalue weighted by atomic mass is 10.1. The van der Waals surface area contributed by atoms with Gasteiger partial charge in [-0.15, -0.1) is 0 Å². The van der Waals surface area contributed by atoms with Crippen molar-refractivity contribution in [1.29, 1.82) is 0 Å². The van der Waals surface area contributed by atoms with Crippen molar-refractivity contribution in [3.63, 3.8) is 0 Å². The van der Waals surface area contributed by atoms with Gasteiger partial charge in [0.15, 0.2) is 21.3 Å². The van der Waals surface area contributed by atoms with E-state index in [0.717, 1.165) is 11.3 Å². The fraction of sp³-hybridized carbons (Fsp3) is 0.238. The number of carbonyl (C=O) groups excluding carboxylic acids is 1. The average molecular weight is 414 g/mol. The number of sulfone groups is 1. The van der Waals surface area contributed by atoms with Crippen molar-refractivity contribution >= 4 is 15.7 Å². The standard InChI is InChI=1S/C21H22N2O5S/c1-3-29(25,26)18-10-6-16(7-11-18)20-14-19(23-28-20)21(24)22-13-12-15-4-8-17(27-2)9-5-15/h4-11,14H,3,12-13H2,1-2H3,(H,22,24). The minimum atomic E-state index is -3.26. The third kappa shape index (κ3) is 5.03. The van der Waals surface area contributed by atoms with Crippen LogP contribution in [0.25, 0.3) is 11.3 Å². The van der Waals surface area contributed by atoms with Crippen molar-refractivity contribution in [3.05, 3.63) is 65.9 Å². The summed E-state index contributed by atoms with van der Waals surface area (Å²) in [5.74, 6) is 0.882. The van der Waals surface area contributed by atoms with Crippen LogP contribution in [0.3, 0.4) is 0 Å². The molecule has 0 aliphatic carbocycles. The Kier molecular flexibility index (Phi) is 6.33. The lowest BCUT2D eigenvalue weighted by molar-refractivity contribution is 0.0945. The number of rotatable bonds is 8. The molecule has 2 aromatic carbocycles. The monoisotopic (exact) mass is 414 g/mol. The molecule has 0 bridgehead atoms. The third-order valence-corrected chi connectivity index (χ3v) is 6.23. The van der Waals surface area contributed by atoms with Crippen LogP contribution < -0.4 is 10.1 Å². The Morgan fingerprint density at radius 3 is 2.41 bits per heavy atom. The smallest absolute Gasteiger partial charge is 0.273 e. The van der Waals surface area contributed by atoms with Crippen LogP contribution >= 0.6 is 0 Å². The number of amides is 1. The van der Waals surface area contributed by atoms with Crippen LogP contribution in [0.1, 0.15) is 23.0 Å². The van der Waals surface area contributed by atoms with Crippen LogP contribution in [0, 0.1) is 0 Å². The maximum absolute atomic E-state index is 12.3. The van der Waals surface area contributed by atoms with E-state index in [1.165, 1.54) is 18.2 Å². The zero-order valence-corrected chi connectivity index (χ0v) is 17.0. The molecule has 0 saturated carbocycles. The van der Waals surface area contributed by atoms with Gasteiger partial charge in [0.25, 0.3) is 5.91 Å². The van der Waals surface area contributed by atoms with Crippen LogP contribution in [0.15, 0.2) is 64.0 Å². The van der Waals surface area contributed by atoms with Crippen molar-refractivity contribution in [2.24, 2.45) is 0 Å². The molecular weight excluding hydrogens is 392 g/mol. The summed E-state index contributed by atoms with van der Waals surface area (Å²) in [5, 5.41) is 6.61. The normalized spacial score (nSPS) is 11.2. The Hall–Kier alpha value is -3.13. The number of ether oxygens (including phenoxy) is 1. The summed E-state index contributed by atoms with van der Waals surface area (Å²) < 4.78 is 34.1. The van der Waals surface area contributed by atoms with Crippen LogP contribution in [-0.4, -0.2) is 38.9 Å². The topological polar surface area (TPSA) is 98.5 Å². The first-order valence-electron chi connectivity index (χ1n) is 9.14. The molecular formula is C21H22N2O5S. The first kappa shape index (κ1) is 20.6. The Labute approximate surface area is 169 Å². The van der Waals surface area contributed by atoms with E-state index in [4.69, 9.17) is 9.26 Å². The van der Waals surface area contributed by atoms with E-state index in [1.807, 2.05) is 24.3 Å². The van der Waals surface area contributed by atoms with Gasteiger partial charge in [0.1, 0.15) is 5.75 Å². The van der Waals surface area contributed by atoms with Crippen LogP contribution in [0.5, 0.6) is 5.75 Å². The SMILES string of the molecule is CCS(=O)(=O)c1ccc(-c2cc(C(=O)NCCc3ccc(OC)cc3)no2)cc1.